The lowest BCUT2D eigenvalue weighted by atomic mass is 10.1. The van der Waals surface area contributed by atoms with Crippen LogP contribution >= 0.6 is 0 Å². The van der Waals surface area contributed by atoms with Crippen LogP contribution in [0.3, 0.4) is 0 Å². The van der Waals surface area contributed by atoms with Gasteiger partial charge in [0.1, 0.15) is 0 Å². The average molecular weight is 247 g/mol. The van der Waals surface area contributed by atoms with Crippen molar-refractivity contribution in [3.05, 3.63) is 0 Å². The number of ether oxygens (including phenoxy) is 1. The minimum absolute atomic E-state index is 0.901. The maximum Gasteiger partial charge on any atom is 0.0762 e. The second kappa shape index (κ2) is 17.8. The Morgan fingerprint density at radius 1 is 1.06 bits per heavy atom. The van der Waals surface area contributed by atoms with Crippen LogP contribution in [0.1, 0.15) is 58.8 Å². The molecule has 0 aromatic rings. The van der Waals surface area contributed by atoms with Gasteiger partial charge < -0.3 is 20.4 Å². The third-order valence-electron chi connectivity index (χ3n) is 2.18. The van der Waals surface area contributed by atoms with E-state index in [4.69, 9.17) is 14.6 Å². The summed E-state index contributed by atoms with van der Waals surface area (Å²) in [6, 6.07) is 0. The quantitative estimate of drug-likeness (QED) is 0.579. The van der Waals surface area contributed by atoms with Crippen molar-refractivity contribution in [3.63, 3.8) is 0 Å². The van der Waals surface area contributed by atoms with Crippen LogP contribution in [0.25, 0.3) is 0 Å². The van der Waals surface area contributed by atoms with Gasteiger partial charge in [0.2, 0.25) is 0 Å². The van der Waals surface area contributed by atoms with Gasteiger partial charge >= 0.3 is 0 Å². The molecule has 0 unspecified atom stereocenters. The summed E-state index contributed by atoms with van der Waals surface area (Å²) in [5, 5.41) is 8.89. The van der Waals surface area contributed by atoms with Gasteiger partial charge in [-0.1, -0.05) is 39.0 Å². The fraction of sp³-hybridized carbons (Fsp3) is 0.923. The number of aliphatic carboxylic acids is 1. The SMILES string of the molecule is CC(=O)[O-].CCCCCCCCOCCC[NH3+]. The fourth-order valence-electron chi connectivity index (χ4n) is 1.29. The van der Waals surface area contributed by atoms with Crippen molar-refractivity contribution < 1.29 is 20.4 Å². The first-order valence-electron chi connectivity index (χ1n) is 6.69. The Morgan fingerprint density at radius 2 is 1.53 bits per heavy atom. The minimum atomic E-state index is -1.08. The molecule has 3 N–H and O–H groups in total. The van der Waals surface area contributed by atoms with E-state index < -0.39 is 5.97 Å². The molecule has 4 heteroatoms. The molecule has 0 aromatic carbocycles. The van der Waals surface area contributed by atoms with Gasteiger partial charge in [-0.25, -0.2) is 0 Å². The first kappa shape index (κ1) is 18.7. The molecule has 0 aromatic heterocycles. The van der Waals surface area contributed by atoms with Crippen molar-refractivity contribution in [3.8, 4) is 0 Å². The van der Waals surface area contributed by atoms with Crippen molar-refractivity contribution >= 4 is 5.97 Å². The number of carbonyl (C=O) groups excluding carboxylic acids is 1. The maximum absolute atomic E-state index is 8.89. The van der Waals surface area contributed by atoms with E-state index in [2.05, 4.69) is 12.7 Å². The monoisotopic (exact) mass is 247 g/mol. The van der Waals surface area contributed by atoms with E-state index in [0.29, 0.717) is 0 Å². The van der Waals surface area contributed by atoms with E-state index in [1.807, 2.05) is 0 Å². The van der Waals surface area contributed by atoms with Crippen molar-refractivity contribution in [1.82, 2.24) is 0 Å². The van der Waals surface area contributed by atoms with Crippen molar-refractivity contribution in [2.24, 2.45) is 0 Å². The molecule has 17 heavy (non-hydrogen) atoms. The third kappa shape index (κ3) is 31.3. The van der Waals surface area contributed by atoms with E-state index in [1.54, 1.807) is 0 Å². The molecule has 4 nitrogen and oxygen atoms in total. The highest BCUT2D eigenvalue weighted by atomic mass is 16.5. The van der Waals surface area contributed by atoms with Crippen LogP contribution in [0.2, 0.25) is 0 Å². The van der Waals surface area contributed by atoms with Gasteiger partial charge in [0.25, 0.3) is 0 Å². The van der Waals surface area contributed by atoms with Crippen molar-refractivity contribution in [2.45, 2.75) is 58.8 Å². The summed E-state index contributed by atoms with van der Waals surface area (Å²) in [6.45, 7) is 6.07. The van der Waals surface area contributed by atoms with Crippen LogP contribution < -0.4 is 10.8 Å². The highest BCUT2D eigenvalue weighted by molar-refractivity contribution is 5.60. The third-order valence-corrected chi connectivity index (χ3v) is 2.18. The number of carboxylic acid groups (broad SMARTS) is 1. The van der Waals surface area contributed by atoms with Crippen molar-refractivity contribution in [2.75, 3.05) is 19.8 Å². The molecule has 104 valence electrons. The minimum Gasteiger partial charge on any atom is -0.550 e. The van der Waals surface area contributed by atoms with E-state index in [-0.39, 0.29) is 0 Å². The maximum atomic E-state index is 8.89. The summed E-state index contributed by atoms with van der Waals surface area (Å²) in [4.78, 5) is 8.89. The number of carbonyl (C=O) groups is 1. The zero-order valence-corrected chi connectivity index (χ0v) is 11.5. The molecule has 0 saturated carbocycles. The first-order chi connectivity index (χ1) is 8.15. The van der Waals surface area contributed by atoms with Gasteiger partial charge in [0, 0.05) is 19.0 Å². The Bertz CT molecular complexity index is 138. The molecular weight excluding hydrogens is 218 g/mol. The van der Waals surface area contributed by atoms with Gasteiger partial charge in [0.05, 0.1) is 13.2 Å². The Labute approximate surface area is 106 Å². The lowest BCUT2D eigenvalue weighted by Gasteiger charge is -2.02. The molecule has 0 bridgehead atoms. The molecule has 0 radical (unpaired) electrons. The fourth-order valence-corrected chi connectivity index (χ4v) is 1.29. The van der Waals surface area contributed by atoms with Crippen molar-refractivity contribution in [1.29, 1.82) is 0 Å². The molecule has 0 aliphatic heterocycles. The Balaban J connectivity index is 0. The summed E-state index contributed by atoms with van der Waals surface area (Å²) >= 11 is 0. The van der Waals surface area contributed by atoms with E-state index in [9.17, 15) is 0 Å². The smallest absolute Gasteiger partial charge is 0.0762 e. The highest BCUT2D eigenvalue weighted by Crippen LogP contribution is 2.04. The Morgan fingerprint density at radius 3 is 2.06 bits per heavy atom. The first-order valence-corrected chi connectivity index (χ1v) is 6.69. The number of quaternary nitrogens is 1. The van der Waals surface area contributed by atoms with Gasteiger partial charge in [-0.15, -0.1) is 0 Å². The van der Waals surface area contributed by atoms with Gasteiger partial charge in [0.15, 0.2) is 0 Å². The predicted octanol–water partition coefficient (Wildman–Crippen LogP) is 0.752. The van der Waals surface area contributed by atoms with Gasteiger partial charge in [-0.05, 0) is 13.3 Å². The summed E-state index contributed by atoms with van der Waals surface area (Å²) in [5.41, 5.74) is 3.77. The van der Waals surface area contributed by atoms with E-state index in [0.717, 1.165) is 33.1 Å². The lowest BCUT2D eigenvalue weighted by molar-refractivity contribution is -0.369. The molecule has 0 saturated heterocycles. The zero-order valence-electron chi connectivity index (χ0n) is 11.5. The van der Waals surface area contributed by atoms with Crippen LogP contribution in [0.5, 0.6) is 0 Å². The van der Waals surface area contributed by atoms with Crippen LogP contribution in [-0.4, -0.2) is 25.7 Å². The molecule has 0 fully saturated rings. The van der Waals surface area contributed by atoms with Gasteiger partial charge in [-0.3, -0.25) is 0 Å². The Kier molecular flexibility index (Phi) is 19.6. The second-order valence-electron chi connectivity index (χ2n) is 4.08. The number of carboxylic acids is 1. The molecule has 0 amide bonds. The summed E-state index contributed by atoms with van der Waals surface area (Å²) in [5.74, 6) is -1.08. The predicted molar refractivity (Wildman–Crippen MR) is 67.2 cm³/mol. The van der Waals surface area contributed by atoms with Crippen LogP contribution in [0, 0.1) is 0 Å². The number of rotatable bonds is 10. The highest BCUT2D eigenvalue weighted by Gasteiger charge is 1.91. The largest absolute Gasteiger partial charge is 0.550 e. The molecule has 0 aliphatic rings. The molecule has 0 rings (SSSR count). The van der Waals surface area contributed by atoms with Crippen LogP contribution in [0.4, 0.5) is 0 Å². The van der Waals surface area contributed by atoms with Crippen LogP contribution in [0.15, 0.2) is 0 Å². The topological polar surface area (TPSA) is 77.0 Å². The summed E-state index contributed by atoms with van der Waals surface area (Å²) in [7, 11) is 0. The summed E-state index contributed by atoms with van der Waals surface area (Å²) < 4.78 is 5.44. The normalized spacial score (nSPS) is 9.59. The number of unbranched alkanes of at least 4 members (excludes halogenated alkanes) is 5. The average Bonchev–Trinajstić information content (AvgIpc) is 2.26. The number of hydrogen-bond acceptors (Lipinski definition) is 3. The number of hydrogen-bond donors (Lipinski definition) is 1. The molecule has 0 spiro atoms. The molecule has 0 heterocycles. The standard InChI is InChI=1S/C11H25NO.C2H4O2/c1-2-3-4-5-6-7-10-13-11-8-9-12;1-2(3)4/h2-12H2,1H3;1H3,(H,3,4). The zero-order chi connectivity index (χ0) is 13.4. The molecule has 0 atom stereocenters. The lowest BCUT2D eigenvalue weighted by Crippen LogP contribution is -2.50. The molecule has 0 aliphatic carbocycles. The van der Waals surface area contributed by atoms with Gasteiger partial charge in [-0.2, -0.15) is 0 Å². The summed E-state index contributed by atoms with van der Waals surface area (Å²) in [6.07, 6.45) is 9.19. The molecular formula is C13H29NO3. The van der Waals surface area contributed by atoms with E-state index >= 15 is 0 Å². The Hall–Kier alpha value is -0.610. The van der Waals surface area contributed by atoms with E-state index in [1.165, 1.54) is 38.5 Å². The van der Waals surface area contributed by atoms with Crippen LogP contribution in [-0.2, 0) is 9.53 Å². The second-order valence-corrected chi connectivity index (χ2v) is 4.08.